The molecule has 0 aliphatic rings. The molecule has 4 heteroatoms. The van der Waals surface area contributed by atoms with Crippen molar-refractivity contribution in [3.63, 3.8) is 0 Å². The topological polar surface area (TPSA) is 49.7 Å². The van der Waals surface area contributed by atoms with Gasteiger partial charge < -0.3 is 14.8 Å². The molecule has 0 bridgehead atoms. The summed E-state index contributed by atoms with van der Waals surface area (Å²) in [5.74, 6) is 0.847. The van der Waals surface area contributed by atoms with Gasteiger partial charge in [0.15, 0.2) is 0 Å². The van der Waals surface area contributed by atoms with Gasteiger partial charge >= 0.3 is 7.12 Å². The average Bonchev–Trinajstić information content (AvgIpc) is 2.53. The van der Waals surface area contributed by atoms with Gasteiger partial charge in [0.05, 0.1) is 0 Å². The predicted molar refractivity (Wildman–Crippen MR) is 84.5 cm³/mol. The van der Waals surface area contributed by atoms with Crippen molar-refractivity contribution in [2.24, 2.45) is 0 Å². The molecule has 0 unspecified atom stereocenters. The van der Waals surface area contributed by atoms with Crippen molar-refractivity contribution < 1.29 is 14.8 Å². The molecule has 0 aromatic heterocycles. The van der Waals surface area contributed by atoms with Crippen molar-refractivity contribution in [3.05, 3.63) is 72.3 Å². The quantitative estimate of drug-likeness (QED) is 0.718. The number of hydrogen-bond donors (Lipinski definition) is 2. The summed E-state index contributed by atoms with van der Waals surface area (Å²) >= 11 is 0. The molecule has 104 valence electrons. The maximum absolute atomic E-state index is 9.07. The van der Waals surface area contributed by atoms with Crippen LogP contribution in [0.3, 0.4) is 0 Å². The fraction of sp³-hybridized carbons (Fsp3) is 0.0588. The number of ether oxygens (including phenoxy) is 1. The SMILES string of the molecule is OB(O)c1ccc(COc2cccc3ccccc23)cc1. The molecule has 0 amide bonds. The van der Waals surface area contributed by atoms with E-state index in [0.717, 1.165) is 22.1 Å². The Morgan fingerprint density at radius 3 is 2.29 bits per heavy atom. The fourth-order valence-electron chi connectivity index (χ4n) is 2.27. The molecule has 0 saturated carbocycles. The third-order valence-electron chi connectivity index (χ3n) is 3.42. The van der Waals surface area contributed by atoms with Gasteiger partial charge in [0.2, 0.25) is 0 Å². The second kappa shape index (κ2) is 6.00. The Hall–Kier alpha value is -2.30. The third-order valence-corrected chi connectivity index (χ3v) is 3.42. The first-order valence-corrected chi connectivity index (χ1v) is 6.79. The average molecular weight is 278 g/mol. The van der Waals surface area contributed by atoms with Crippen molar-refractivity contribution in [1.82, 2.24) is 0 Å². The maximum Gasteiger partial charge on any atom is 0.488 e. The largest absolute Gasteiger partial charge is 0.488 e. The molecule has 2 N–H and O–H groups in total. The van der Waals surface area contributed by atoms with Crippen LogP contribution in [0, 0.1) is 0 Å². The molecule has 0 spiro atoms. The van der Waals surface area contributed by atoms with Crippen molar-refractivity contribution >= 4 is 23.4 Å². The molecule has 0 atom stereocenters. The first-order valence-electron chi connectivity index (χ1n) is 6.79. The highest BCUT2D eigenvalue weighted by atomic mass is 16.5. The molecule has 21 heavy (non-hydrogen) atoms. The zero-order valence-electron chi connectivity index (χ0n) is 11.4. The van der Waals surface area contributed by atoms with E-state index in [1.54, 1.807) is 12.1 Å². The zero-order chi connectivity index (χ0) is 14.7. The van der Waals surface area contributed by atoms with Gasteiger partial charge in [-0.15, -0.1) is 0 Å². The van der Waals surface area contributed by atoms with Gasteiger partial charge in [-0.2, -0.15) is 0 Å². The molecule has 0 aliphatic heterocycles. The Morgan fingerprint density at radius 2 is 1.52 bits per heavy atom. The van der Waals surface area contributed by atoms with Crippen LogP contribution >= 0.6 is 0 Å². The Morgan fingerprint density at radius 1 is 0.810 bits per heavy atom. The standard InChI is InChI=1S/C17H15BO3/c19-18(20)15-10-8-13(9-11-15)12-21-17-7-3-5-14-4-1-2-6-16(14)17/h1-11,19-20H,12H2. The van der Waals surface area contributed by atoms with Crippen LogP contribution in [0.15, 0.2) is 66.7 Å². The molecule has 3 aromatic carbocycles. The summed E-state index contributed by atoms with van der Waals surface area (Å²) in [7, 11) is -1.43. The van der Waals surface area contributed by atoms with E-state index in [9.17, 15) is 0 Å². The Bertz CT molecular complexity index is 733. The van der Waals surface area contributed by atoms with E-state index in [4.69, 9.17) is 14.8 Å². The van der Waals surface area contributed by atoms with Gasteiger partial charge in [0.1, 0.15) is 12.4 Å². The van der Waals surface area contributed by atoms with E-state index in [2.05, 4.69) is 12.1 Å². The van der Waals surface area contributed by atoms with Gasteiger partial charge in [-0.1, -0.05) is 60.7 Å². The normalized spacial score (nSPS) is 10.6. The second-order valence-corrected chi connectivity index (χ2v) is 4.88. The second-order valence-electron chi connectivity index (χ2n) is 4.88. The zero-order valence-corrected chi connectivity index (χ0v) is 11.4. The lowest BCUT2D eigenvalue weighted by molar-refractivity contribution is 0.310. The number of benzene rings is 3. The molecule has 0 heterocycles. The minimum Gasteiger partial charge on any atom is -0.488 e. The van der Waals surface area contributed by atoms with Gasteiger partial charge in [-0.25, -0.2) is 0 Å². The smallest absolute Gasteiger partial charge is 0.488 e. The third kappa shape index (κ3) is 3.07. The molecule has 3 nitrogen and oxygen atoms in total. The Balaban J connectivity index is 1.77. The van der Waals surface area contributed by atoms with Gasteiger partial charge in [-0.05, 0) is 22.5 Å². The maximum atomic E-state index is 9.07. The number of hydrogen-bond acceptors (Lipinski definition) is 3. The highest BCUT2D eigenvalue weighted by molar-refractivity contribution is 6.58. The molecule has 3 aromatic rings. The van der Waals surface area contributed by atoms with Crippen LogP contribution in [-0.4, -0.2) is 17.2 Å². The first kappa shape index (κ1) is 13.7. The summed E-state index contributed by atoms with van der Waals surface area (Å²) in [6.45, 7) is 0.440. The van der Waals surface area contributed by atoms with Crippen molar-refractivity contribution in [1.29, 1.82) is 0 Å². The monoisotopic (exact) mass is 278 g/mol. The molecule has 0 aliphatic carbocycles. The predicted octanol–water partition coefficient (Wildman–Crippen LogP) is 2.10. The lowest BCUT2D eigenvalue weighted by atomic mass is 9.80. The summed E-state index contributed by atoms with van der Waals surface area (Å²) in [5, 5.41) is 20.4. The van der Waals surface area contributed by atoms with Crippen LogP contribution in [-0.2, 0) is 6.61 Å². The van der Waals surface area contributed by atoms with Gasteiger partial charge in [0, 0.05) is 5.39 Å². The summed E-state index contributed by atoms with van der Waals surface area (Å²) < 4.78 is 5.88. The summed E-state index contributed by atoms with van der Waals surface area (Å²) in [4.78, 5) is 0. The van der Waals surface area contributed by atoms with Crippen LogP contribution < -0.4 is 10.2 Å². The molecule has 0 saturated heterocycles. The van der Waals surface area contributed by atoms with Crippen molar-refractivity contribution in [2.75, 3.05) is 0 Å². The number of rotatable bonds is 4. The molecular formula is C17H15BO3. The molecule has 3 rings (SSSR count). The molecule has 0 radical (unpaired) electrons. The van der Waals surface area contributed by atoms with Crippen molar-refractivity contribution in [3.8, 4) is 5.75 Å². The summed E-state index contributed by atoms with van der Waals surface area (Å²) in [5.41, 5.74) is 1.45. The van der Waals surface area contributed by atoms with Crippen LogP contribution in [0.1, 0.15) is 5.56 Å². The molecule has 0 fully saturated rings. The van der Waals surface area contributed by atoms with Crippen LogP contribution in [0.5, 0.6) is 5.75 Å². The first-order chi connectivity index (χ1) is 10.2. The van der Waals surface area contributed by atoms with Crippen LogP contribution in [0.4, 0.5) is 0 Å². The Labute approximate surface area is 123 Å². The van der Waals surface area contributed by atoms with Crippen molar-refractivity contribution in [2.45, 2.75) is 6.61 Å². The molecular weight excluding hydrogens is 263 g/mol. The Kier molecular flexibility index (Phi) is 3.91. The summed E-state index contributed by atoms with van der Waals surface area (Å²) in [6.07, 6.45) is 0. The fourth-order valence-corrected chi connectivity index (χ4v) is 2.27. The minimum absolute atomic E-state index is 0.440. The van der Waals surface area contributed by atoms with Gasteiger partial charge in [-0.3, -0.25) is 0 Å². The summed E-state index contributed by atoms with van der Waals surface area (Å²) in [6, 6.07) is 21.1. The van der Waals surface area contributed by atoms with E-state index in [-0.39, 0.29) is 0 Å². The number of fused-ring (bicyclic) bond motifs is 1. The van der Waals surface area contributed by atoms with Gasteiger partial charge in [0.25, 0.3) is 0 Å². The highest BCUT2D eigenvalue weighted by Gasteiger charge is 2.09. The van der Waals surface area contributed by atoms with E-state index in [1.807, 2.05) is 42.5 Å². The lowest BCUT2D eigenvalue weighted by Crippen LogP contribution is -2.29. The van der Waals surface area contributed by atoms with E-state index < -0.39 is 7.12 Å². The minimum atomic E-state index is -1.43. The van der Waals surface area contributed by atoms with E-state index in [0.29, 0.717) is 12.1 Å². The van der Waals surface area contributed by atoms with E-state index >= 15 is 0 Å². The van der Waals surface area contributed by atoms with Crippen LogP contribution in [0.25, 0.3) is 10.8 Å². The van der Waals surface area contributed by atoms with Crippen LogP contribution in [0.2, 0.25) is 0 Å². The van der Waals surface area contributed by atoms with E-state index in [1.165, 1.54) is 0 Å². The lowest BCUT2D eigenvalue weighted by Gasteiger charge is -2.10. The highest BCUT2D eigenvalue weighted by Crippen LogP contribution is 2.25.